The van der Waals surface area contributed by atoms with Crippen LogP contribution < -0.4 is 0 Å². The maximum absolute atomic E-state index is 11.7. The first-order valence-corrected chi connectivity index (χ1v) is 5.40. The molecule has 88 valence electrons. The summed E-state index contributed by atoms with van der Waals surface area (Å²) in [4.78, 5) is 23.0. The summed E-state index contributed by atoms with van der Waals surface area (Å²) < 4.78 is 4.72. The molecule has 0 aliphatic heterocycles. The molecule has 0 aromatic carbocycles. The zero-order valence-corrected chi connectivity index (χ0v) is 9.64. The van der Waals surface area contributed by atoms with Crippen molar-refractivity contribution >= 4 is 11.9 Å². The highest BCUT2D eigenvalue weighted by atomic mass is 16.5. The lowest BCUT2D eigenvalue weighted by Crippen LogP contribution is -2.33. The van der Waals surface area contributed by atoms with Gasteiger partial charge < -0.3 is 9.84 Å². The number of carboxylic acids is 1. The highest BCUT2D eigenvalue weighted by molar-refractivity contribution is 5.84. The Kier molecular flexibility index (Phi) is 2.33. The SMILES string of the molecule is COC(=O)C1C(C(=O)O)C2C=CC1C2(C)C. The topological polar surface area (TPSA) is 63.6 Å². The molecule has 2 bridgehead atoms. The third-order valence-corrected chi connectivity index (χ3v) is 4.16. The Balaban J connectivity index is 2.41. The van der Waals surface area contributed by atoms with Crippen molar-refractivity contribution in [1.82, 2.24) is 0 Å². The van der Waals surface area contributed by atoms with Gasteiger partial charge in [-0.3, -0.25) is 9.59 Å². The van der Waals surface area contributed by atoms with Gasteiger partial charge in [0.1, 0.15) is 0 Å². The summed E-state index contributed by atoms with van der Waals surface area (Å²) in [6.45, 7) is 4.03. The fourth-order valence-corrected chi connectivity index (χ4v) is 3.31. The van der Waals surface area contributed by atoms with Gasteiger partial charge in [0.2, 0.25) is 0 Å². The lowest BCUT2D eigenvalue weighted by molar-refractivity contribution is -0.156. The number of hydrogen-bond acceptors (Lipinski definition) is 3. The van der Waals surface area contributed by atoms with E-state index < -0.39 is 23.8 Å². The first-order chi connectivity index (χ1) is 7.41. The van der Waals surface area contributed by atoms with Gasteiger partial charge in [-0.15, -0.1) is 0 Å². The van der Waals surface area contributed by atoms with E-state index in [1.54, 1.807) is 0 Å². The van der Waals surface area contributed by atoms with Gasteiger partial charge in [-0.05, 0) is 17.3 Å². The van der Waals surface area contributed by atoms with Gasteiger partial charge >= 0.3 is 11.9 Å². The molecule has 1 N–H and O–H groups in total. The van der Waals surface area contributed by atoms with Gasteiger partial charge in [0, 0.05) is 0 Å². The Hall–Kier alpha value is -1.32. The van der Waals surface area contributed by atoms with E-state index in [1.807, 2.05) is 26.0 Å². The van der Waals surface area contributed by atoms with Crippen LogP contribution in [-0.2, 0) is 14.3 Å². The minimum atomic E-state index is -0.902. The molecule has 0 spiro atoms. The molecule has 0 aromatic rings. The van der Waals surface area contributed by atoms with Crippen LogP contribution in [-0.4, -0.2) is 24.2 Å². The first kappa shape index (κ1) is 11.2. The lowest BCUT2D eigenvalue weighted by Gasteiger charge is -2.25. The number of carbonyl (C=O) groups is 2. The van der Waals surface area contributed by atoms with Crippen molar-refractivity contribution < 1.29 is 19.4 Å². The predicted molar refractivity (Wildman–Crippen MR) is 56.5 cm³/mol. The average Bonchev–Trinajstić information content (AvgIpc) is 2.64. The van der Waals surface area contributed by atoms with E-state index >= 15 is 0 Å². The van der Waals surface area contributed by atoms with E-state index in [2.05, 4.69) is 0 Å². The minimum absolute atomic E-state index is 0.0222. The first-order valence-electron chi connectivity index (χ1n) is 5.40. The number of aliphatic carboxylic acids is 1. The molecule has 1 saturated carbocycles. The molecule has 4 unspecified atom stereocenters. The van der Waals surface area contributed by atoms with Crippen molar-refractivity contribution in [2.75, 3.05) is 7.11 Å². The van der Waals surface area contributed by atoms with E-state index in [1.165, 1.54) is 7.11 Å². The maximum atomic E-state index is 11.7. The number of esters is 1. The number of carboxylic acid groups (broad SMARTS) is 1. The molecule has 0 heterocycles. The van der Waals surface area contributed by atoms with Crippen LogP contribution in [0.15, 0.2) is 12.2 Å². The zero-order chi connectivity index (χ0) is 12.1. The van der Waals surface area contributed by atoms with Crippen LogP contribution in [0.5, 0.6) is 0 Å². The number of carbonyl (C=O) groups excluding carboxylic acids is 1. The zero-order valence-electron chi connectivity index (χ0n) is 9.64. The number of allylic oxidation sites excluding steroid dienone is 2. The molecule has 4 heteroatoms. The van der Waals surface area contributed by atoms with Gasteiger partial charge in [-0.1, -0.05) is 26.0 Å². The van der Waals surface area contributed by atoms with Crippen molar-refractivity contribution in [3.63, 3.8) is 0 Å². The largest absolute Gasteiger partial charge is 0.481 e. The Labute approximate surface area is 94.3 Å². The monoisotopic (exact) mass is 224 g/mol. The molecule has 2 rings (SSSR count). The molecule has 1 fully saturated rings. The van der Waals surface area contributed by atoms with Crippen molar-refractivity contribution in [3.8, 4) is 0 Å². The molecular weight excluding hydrogens is 208 g/mol. The molecule has 2 aliphatic carbocycles. The van der Waals surface area contributed by atoms with Crippen molar-refractivity contribution in [2.24, 2.45) is 29.1 Å². The fraction of sp³-hybridized carbons (Fsp3) is 0.667. The van der Waals surface area contributed by atoms with E-state index in [4.69, 9.17) is 4.74 Å². The molecule has 16 heavy (non-hydrogen) atoms. The normalized spacial score (nSPS) is 38.7. The molecule has 0 amide bonds. The Morgan fingerprint density at radius 2 is 1.69 bits per heavy atom. The summed E-state index contributed by atoms with van der Waals surface area (Å²) in [5.41, 5.74) is -0.165. The van der Waals surface area contributed by atoms with Crippen LogP contribution >= 0.6 is 0 Å². The molecular formula is C12H16O4. The third-order valence-electron chi connectivity index (χ3n) is 4.16. The van der Waals surface area contributed by atoms with Gasteiger partial charge in [-0.25, -0.2) is 0 Å². The average molecular weight is 224 g/mol. The molecule has 0 saturated heterocycles. The number of hydrogen-bond donors (Lipinski definition) is 1. The second kappa shape index (κ2) is 3.34. The van der Waals surface area contributed by atoms with E-state index in [-0.39, 0.29) is 17.3 Å². The van der Waals surface area contributed by atoms with Crippen LogP contribution in [0.1, 0.15) is 13.8 Å². The van der Waals surface area contributed by atoms with E-state index in [0.29, 0.717) is 0 Å². The second-order valence-corrected chi connectivity index (χ2v) is 5.17. The maximum Gasteiger partial charge on any atom is 0.310 e. The number of fused-ring (bicyclic) bond motifs is 2. The minimum Gasteiger partial charge on any atom is -0.481 e. The highest BCUT2D eigenvalue weighted by Gasteiger charge is 2.61. The smallest absolute Gasteiger partial charge is 0.310 e. The van der Waals surface area contributed by atoms with Crippen LogP contribution in [0.3, 0.4) is 0 Å². The number of ether oxygens (including phenoxy) is 1. The Bertz CT molecular complexity index is 369. The standard InChI is InChI=1S/C12H16O4/c1-12(2)6-4-5-7(12)9(11(15)16-3)8(6)10(13)14/h4-9H,1-3H3,(H,13,14). The molecule has 2 aliphatic rings. The van der Waals surface area contributed by atoms with E-state index in [9.17, 15) is 14.7 Å². The number of methoxy groups -OCH3 is 1. The second-order valence-electron chi connectivity index (χ2n) is 5.17. The summed E-state index contributed by atoms with van der Waals surface area (Å²) in [5.74, 6) is -2.58. The van der Waals surface area contributed by atoms with Gasteiger partial charge in [0.15, 0.2) is 0 Å². The molecule has 4 atom stereocenters. The summed E-state index contributed by atoms with van der Waals surface area (Å²) in [5, 5.41) is 9.24. The van der Waals surface area contributed by atoms with Gasteiger partial charge in [0.05, 0.1) is 18.9 Å². The third kappa shape index (κ3) is 1.22. The summed E-state index contributed by atoms with van der Waals surface area (Å²) >= 11 is 0. The quantitative estimate of drug-likeness (QED) is 0.567. The van der Waals surface area contributed by atoms with Crippen molar-refractivity contribution in [3.05, 3.63) is 12.2 Å². The Morgan fingerprint density at radius 1 is 1.19 bits per heavy atom. The van der Waals surface area contributed by atoms with Gasteiger partial charge in [0.25, 0.3) is 0 Å². The summed E-state index contributed by atoms with van der Waals surface area (Å²) in [7, 11) is 1.31. The van der Waals surface area contributed by atoms with Crippen LogP contribution in [0.2, 0.25) is 0 Å². The van der Waals surface area contributed by atoms with Crippen molar-refractivity contribution in [1.29, 1.82) is 0 Å². The molecule has 4 nitrogen and oxygen atoms in total. The summed E-state index contributed by atoms with van der Waals surface area (Å²) in [6, 6.07) is 0. The number of rotatable bonds is 2. The van der Waals surface area contributed by atoms with Crippen LogP contribution in [0.25, 0.3) is 0 Å². The van der Waals surface area contributed by atoms with Crippen molar-refractivity contribution in [2.45, 2.75) is 13.8 Å². The Morgan fingerprint density at radius 3 is 2.12 bits per heavy atom. The summed E-state index contributed by atoms with van der Waals surface area (Å²) in [6.07, 6.45) is 3.90. The predicted octanol–water partition coefficient (Wildman–Crippen LogP) is 1.32. The molecule has 0 radical (unpaired) electrons. The highest BCUT2D eigenvalue weighted by Crippen LogP contribution is 2.59. The molecule has 0 aromatic heterocycles. The van der Waals surface area contributed by atoms with E-state index in [0.717, 1.165) is 0 Å². The van der Waals surface area contributed by atoms with Gasteiger partial charge in [-0.2, -0.15) is 0 Å². The lowest BCUT2D eigenvalue weighted by atomic mass is 9.79. The van der Waals surface area contributed by atoms with Crippen LogP contribution in [0, 0.1) is 29.1 Å². The van der Waals surface area contributed by atoms with Crippen LogP contribution in [0.4, 0.5) is 0 Å². The fourth-order valence-electron chi connectivity index (χ4n) is 3.31.